The number of nitrogens with one attached hydrogen (secondary N) is 1. The molecule has 3 unspecified atom stereocenters. The van der Waals surface area contributed by atoms with E-state index in [9.17, 15) is 0 Å². The van der Waals surface area contributed by atoms with Crippen molar-refractivity contribution >= 4 is 0 Å². The summed E-state index contributed by atoms with van der Waals surface area (Å²) in [6.45, 7) is 1.31. The molecule has 1 aromatic carbocycles. The van der Waals surface area contributed by atoms with E-state index in [4.69, 9.17) is 0 Å². The summed E-state index contributed by atoms with van der Waals surface area (Å²) in [7, 11) is 0. The zero-order valence-corrected chi connectivity index (χ0v) is 13.2. The van der Waals surface area contributed by atoms with Crippen LogP contribution in [0.25, 0.3) is 0 Å². The Bertz CT molecular complexity index is 464. The van der Waals surface area contributed by atoms with Gasteiger partial charge < -0.3 is 5.32 Å². The Morgan fingerprint density at radius 3 is 2.57 bits per heavy atom. The summed E-state index contributed by atoms with van der Waals surface area (Å²) in [5.41, 5.74) is 2.17. The molecular weight excluding hydrogens is 254 g/mol. The highest BCUT2D eigenvalue weighted by Gasteiger charge is 2.50. The lowest BCUT2D eigenvalue weighted by Gasteiger charge is -2.38. The normalized spacial score (nSPS) is 34.5. The van der Waals surface area contributed by atoms with E-state index in [2.05, 4.69) is 35.6 Å². The second kappa shape index (κ2) is 5.76. The first-order valence-corrected chi connectivity index (χ1v) is 9.11. The van der Waals surface area contributed by atoms with Gasteiger partial charge in [0, 0.05) is 12.6 Å². The van der Waals surface area contributed by atoms with Crippen molar-refractivity contribution in [2.75, 3.05) is 6.54 Å². The highest BCUT2D eigenvalue weighted by Crippen LogP contribution is 2.58. The highest BCUT2D eigenvalue weighted by atomic mass is 15.0. The third-order valence-electron chi connectivity index (χ3n) is 6.41. The molecule has 3 fully saturated rings. The fraction of sp³-hybridized carbons (Fsp3) is 0.700. The molecule has 3 aliphatic rings. The van der Waals surface area contributed by atoms with Gasteiger partial charge in [-0.2, -0.15) is 0 Å². The predicted molar refractivity (Wildman–Crippen MR) is 88.3 cm³/mol. The molecule has 0 aromatic heterocycles. The molecule has 3 saturated carbocycles. The first kappa shape index (κ1) is 13.8. The van der Waals surface area contributed by atoms with Gasteiger partial charge in [-0.15, -0.1) is 0 Å². The van der Waals surface area contributed by atoms with Crippen molar-refractivity contribution in [3.05, 3.63) is 35.9 Å². The van der Waals surface area contributed by atoms with Crippen molar-refractivity contribution < 1.29 is 0 Å². The quantitative estimate of drug-likeness (QED) is 0.773. The van der Waals surface area contributed by atoms with Crippen molar-refractivity contribution in [2.45, 2.75) is 63.8 Å². The first-order chi connectivity index (χ1) is 10.3. The molecule has 1 N–H and O–H groups in total. The number of hydrogen-bond acceptors (Lipinski definition) is 1. The van der Waals surface area contributed by atoms with E-state index in [0.29, 0.717) is 5.41 Å². The Kier molecular flexibility index (Phi) is 3.79. The third-order valence-corrected chi connectivity index (χ3v) is 6.41. The van der Waals surface area contributed by atoms with Gasteiger partial charge in [0.15, 0.2) is 0 Å². The van der Waals surface area contributed by atoms with Crippen molar-refractivity contribution in [3.63, 3.8) is 0 Å². The van der Waals surface area contributed by atoms with E-state index in [1.54, 1.807) is 0 Å². The molecule has 1 heteroatoms. The van der Waals surface area contributed by atoms with E-state index in [1.807, 2.05) is 0 Å². The molecule has 1 aromatic rings. The number of benzene rings is 1. The number of rotatable bonds is 7. The van der Waals surface area contributed by atoms with Crippen LogP contribution in [-0.4, -0.2) is 12.6 Å². The monoisotopic (exact) mass is 283 g/mol. The van der Waals surface area contributed by atoms with Crippen molar-refractivity contribution in [1.29, 1.82) is 0 Å². The molecule has 0 saturated heterocycles. The van der Waals surface area contributed by atoms with E-state index < -0.39 is 0 Å². The van der Waals surface area contributed by atoms with Crippen LogP contribution in [0.4, 0.5) is 0 Å². The number of fused-ring (bicyclic) bond motifs is 2. The molecule has 21 heavy (non-hydrogen) atoms. The van der Waals surface area contributed by atoms with Gasteiger partial charge in [0.1, 0.15) is 0 Å². The highest BCUT2D eigenvalue weighted by molar-refractivity contribution is 5.14. The summed E-state index contributed by atoms with van der Waals surface area (Å²) in [6, 6.07) is 11.9. The second-order valence-corrected chi connectivity index (χ2v) is 7.94. The summed E-state index contributed by atoms with van der Waals surface area (Å²) >= 11 is 0. The third kappa shape index (κ3) is 3.04. The minimum atomic E-state index is 0.653. The van der Waals surface area contributed by atoms with Crippen LogP contribution in [0, 0.1) is 17.3 Å². The first-order valence-electron chi connectivity index (χ1n) is 9.11. The van der Waals surface area contributed by atoms with Gasteiger partial charge in [0.25, 0.3) is 0 Å². The standard InChI is InChI=1S/C20H29N/c1-2-5-16(6-3-1)7-4-12-20(15-21-19-10-11-19)14-17-8-9-18(20)13-17/h1-3,5-6,17-19,21H,4,7-15H2. The van der Waals surface area contributed by atoms with Gasteiger partial charge in [-0.3, -0.25) is 0 Å². The van der Waals surface area contributed by atoms with Gasteiger partial charge >= 0.3 is 0 Å². The van der Waals surface area contributed by atoms with Gasteiger partial charge in [-0.25, -0.2) is 0 Å². The molecular formula is C20H29N. The van der Waals surface area contributed by atoms with Crippen LogP contribution in [-0.2, 0) is 6.42 Å². The van der Waals surface area contributed by atoms with E-state index in [0.717, 1.165) is 17.9 Å². The van der Waals surface area contributed by atoms with Crippen LogP contribution in [0.3, 0.4) is 0 Å². The zero-order valence-electron chi connectivity index (χ0n) is 13.2. The Morgan fingerprint density at radius 2 is 1.90 bits per heavy atom. The molecule has 114 valence electrons. The number of hydrogen-bond donors (Lipinski definition) is 1. The van der Waals surface area contributed by atoms with Crippen LogP contribution in [0.15, 0.2) is 30.3 Å². The summed E-state index contributed by atoms with van der Waals surface area (Å²) in [4.78, 5) is 0. The zero-order chi connectivity index (χ0) is 14.1. The second-order valence-electron chi connectivity index (χ2n) is 7.94. The minimum Gasteiger partial charge on any atom is -0.313 e. The van der Waals surface area contributed by atoms with Crippen LogP contribution in [0.5, 0.6) is 0 Å². The van der Waals surface area contributed by atoms with Crippen molar-refractivity contribution in [1.82, 2.24) is 5.32 Å². The molecule has 0 radical (unpaired) electrons. The van der Waals surface area contributed by atoms with Gasteiger partial charge in [0.05, 0.1) is 0 Å². The lowest BCUT2D eigenvalue weighted by atomic mass is 9.69. The maximum atomic E-state index is 3.87. The molecule has 0 spiro atoms. The van der Waals surface area contributed by atoms with Crippen molar-refractivity contribution in [3.8, 4) is 0 Å². The van der Waals surface area contributed by atoms with Crippen LogP contribution >= 0.6 is 0 Å². The molecule has 4 rings (SSSR count). The summed E-state index contributed by atoms with van der Waals surface area (Å²) in [6.07, 6.45) is 13.0. The van der Waals surface area contributed by atoms with Gasteiger partial charge in [-0.05, 0) is 74.2 Å². The Morgan fingerprint density at radius 1 is 1.05 bits per heavy atom. The SMILES string of the molecule is c1ccc(CCCC2(CNC3CC3)CC3CCC2C3)cc1. The molecule has 3 atom stereocenters. The average Bonchev–Trinajstić information content (AvgIpc) is 3.14. The van der Waals surface area contributed by atoms with Crippen molar-refractivity contribution in [2.24, 2.45) is 17.3 Å². The lowest BCUT2D eigenvalue weighted by molar-refractivity contribution is 0.139. The van der Waals surface area contributed by atoms with Gasteiger partial charge in [0.2, 0.25) is 0 Å². The topological polar surface area (TPSA) is 12.0 Å². The summed E-state index contributed by atoms with van der Waals surface area (Å²) in [5.74, 6) is 2.09. The molecule has 3 aliphatic carbocycles. The molecule has 0 amide bonds. The average molecular weight is 283 g/mol. The Hall–Kier alpha value is -0.820. The molecule has 0 heterocycles. The van der Waals surface area contributed by atoms with Crippen LogP contribution < -0.4 is 5.32 Å². The maximum Gasteiger partial charge on any atom is 0.00684 e. The minimum absolute atomic E-state index is 0.653. The number of aryl methyl sites for hydroxylation is 1. The van der Waals surface area contributed by atoms with Crippen LogP contribution in [0.1, 0.15) is 56.9 Å². The van der Waals surface area contributed by atoms with E-state index >= 15 is 0 Å². The van der Waals surface area contributed by atoms with Crippen LogP contribution in [0.2, 0.25) is 0 Å². The lowest BCUT2D eigenvalue weighted by Crippen LogP contribution is -2.39. The smallest absolute Gasteiger partial charge is 0.00684 e. The van der Waals surface area contributed by atoms with E-state index in [-0.39, 0.29) is 0 Å². The predicted octanol–water partition coefficient (Wildman–Crippen LogP) is 4.57. The fourth-order valence-electron chi connectivity index (χ4n) is 5.09. The Labute approximate surface area is 129 Å². The molecule has 0 aliphatic heterocycles. The largest absolute Gasteiger partial charge is 0.313 e. The maximum absolute atomic E-state index is 3.87. The van der Waals surface area contributed by atoms with Gasteiger partial charge in [-0.1, -0.05) is 36.8 Å². The van der Waals surface area contributed by atoms with E-state index in [1.165, 1.54) is 69.9 Å². The molecule has 2 bridgehead atoms. The fourth-order valence-corrected chi connectivity index (χ4v) is 5.09. The summed E-state index contributed by atoms with van der Waals surface area (Å²) < 4.78 is 0. The molecule has 1 nitrogen and oxygen atoms in total. The Balaban J connectivity index is 1.36. The summed E-state index contributed by atoms with van der Waals surface area (Å²) in [5, 5.41) is 3.87.